The number of rotatable bonds is 7. The van der Waals surface area contributed by atoms with Crippen molar-refractivity contribution in [3.8, 4) is 0 Å². The molecule has 0 aliphatic rings. The zero-order valence-corrected chi connectivity index (χ0v) is 19.3. The number of nitrogens with zero attached hydrogens (tertiary/aromatic N) is 1. The number of halogens is 2. The molecule has 0 spiro atoms. The Morgan fingerprint density at radius 3 is 2.17 bits per heavy atom. The van der Waals surface area contributed by atoms with Crippen LogP contribution in [0.1, 0.15) is 11.1 Å². The van der Waals surface area contributed by atoms with Crippen molar-refractivity contribution in [2.24, 2.45) is 0 Å². The molecule has 0 fully saturated rings. The van der Waals surface area contributed by atoms with Crippen LogP contribution in [0.15, 0.2) is 82.2 Å². The fourth-order valence-electron chi connectivity index (χ4n) is 2.77. The Labute approximate surface area is 189 Å². The molecule has 0 heterocycles. The second-order valence-corrected chi connectivity index (χ2v) is 10.1. The van der Waals surface area contributed by atoms with Gasteiger partial charge in [-0.15, -0.1) is 0 Å². The molecule has 30 heavy (non-hydrogen) atoms. The largest absolute Gasteiger partial charge is 0.325 e. The lowest BCUT2D eigenvalue weighted by Crippen LogP contribution is -2.37. The SMILES string of the molecule is Cc1ccc(S(=O)(=O)N(CC(=O)Nc2ccc(Cl)cc2)Cc2ccc(Br)cc2)cc1. The number of carbonyl (C=O) groups is 1. The van der Waals surface area contributed by atoms with Crippen molar-refractivity contribution in [1.82, 2.24) is 4.31 Å². The van der Waals surface area contributed by atoms with Gasteiger partial charge in [-0.2, -0.15) is 4.31 Å². The molecule has 0 aliphatic heterocycles. The van der Waals surface area contributed by atoms with Crippen LogP contribution in [0.2, 0.25) is 5.02 Å². The van der Waals surface area contributed by atoms with Gasteiger partial charge in [0, 0.05) is 21.7 Å². The highest BCUT2D eigenvalue weighted by molar-refractivity contribution is 9.10. The van der Waals surface area contributed by atoms with Gasteiger partial charge in [-0.1, -0.05) is 57.4 Å². The molecule has 0 aromatic heterocycles. The number of benzene rings is 3. The van der Waals surface area contributed by atoms with Gasteiger partial charge in [-0.25, -0.2) is 8.42 Å². The summed E-state index contributed by atoms with van der Waals surface area (Å²) in [6, 6.07) is 20.5. The molecule has 0 atom stereocenters. The summed E-state index contributed by atoms with van der Waals surface area (Å²) in [7, 11) is -3.88. The van der Waals surface area contributed by atoms with Crippen molar-refractivity contribution in [1.29, 1.82) is 0 Å². The van der Waals surface area contributed by atoms with E-state index in [1.54, 1.807) is 48.5 Å². The van der Waals surface area contributed by atoms with E-state index in [0.29, 0.717) is 10.7 Å². The molecule has 8 heteroatoms. The number of hydrogen-bond donors (Lipinski definition) is 1. The minimum atomic E-state index is -3.88. The fraction of sp³-hybridized carbons (Fsp3) is 0.136. The van der Waals surface area contributed by atoms with E-state index in [4.69, 9.17) is 11.6 Å². The van der Waals surface area contributed by atoms with E-state index in [0.717, 1.165) is 15.6 Å². The molecule has 0 unspecified atom stereocenters. The van der Waals surface area contributed by atoms with E-state index in [2.05, 4.69) is 21.2 Å². The summed E-state index contributed by atoms with van der Waals surface area (Å²) in [5.74, 6) is -0.440. The predicted octanol–water partition coefficient (Wildman–Crippen LogP) is 5.24. The van der Waals surface area contributed by atoms with Gasteiger partial charge in [0.1, 0.15) is 0 Å². The number of amides is 1. The van der Waals surface area contributed by atoms with Crippen molar-refractivity contribution < 1.29 is 13.2 Å². The highest BCUT2D eigenvalue weighted by Gasteiger charge is 2.27. The zero-order valence-electron chi connectivity index (χ0n) is 16.2. The van der Waals surface area contributed by atoms with Crippen molar-refractivity contribution in [2.75, 3.05) is 11.9 Å². The molecule has 0 radical (unpaired) electrons. The second kappa shape index (κ2) is 9.75. The maximum Gasteiger partial charge on any atom is 0.243 e. The Hall–Kier alpha value is -2.19. The quantitative estimate of drug-likeness (QED) is 0.475. The van der Waals surface area contributed by atoms with Crippen molar-refractivity contribution in [3.05, 3.63) is 93.4 Å². The Bertz CT molecular complexity index is 1120. The third-order valence-electron chi connectivity index (χ3n) is 4.38. The average molecular weight is 508 g/mol. The van der Waals surface area contributed by atoms with Crippen LogP contribution in [0.25, 0.3) is 0 Å². The standard InChI is InChI=1S/C22H20BrClN2O3S/c1-16-2-12-21(13-3-16)30(28,29)26(14-17-4-6-18(23)7-5-17)15-22(27)25-20-10-8-19(24)9-11-20/h2-13H,14-15H2,1H3,(H,25,27). The lowest BCUT2D eigenvalue weighted by molar-refractivity contribution is -0.116. The van der Waals surface area contributed by atoms with Gasteiger partial charge in [0.05, 0.1) is 11.4 Å². The molecule has 3 rings (SSSR count). The van der Waals surface area contributed by atoms with Gasteiger partial charge in [0.2, 0.25) is 15.9 Å². The summed E-state index contributed by atoms with van der Waals surface area (Å²) in [5, 5.41) is 3.26. The number of hydrogen-bond acceptors (Lipinski definition) is 3. The third-order valence-corrected chi connectivity index (χ3v) is 6.97. The number of carbonyl (C=O) groups excluding carboxylic acids is 1. The highest BCUT2D eigenvalue weighted by Crippen LogP contribution is 2.21. The highest BCUT2D eigenvalue weighted by atomic mass is 79.9. The Kier molecular flexibility index (Phi) is 7.31. The summed E-state index contributed by atoms with van der Waals surface area (Å²) in [6.07, 6.45) is 0. The summed E-state index contributed by atoms with van der Waals surface area (Å²) in [4.78, 5) is 12.8. The van der Waals surface area contributed by atoms with Crippen LogP contribution in [0, 0.1) is 6.92 Å². The Morgan fingerprint density at radius 1 is 0.967 bits per heavy atom. The smallest absolute Gasteiger partial charge is 0.243 e. The van der Waals surface area contributed by atoms with Gasteiger partial charge in [0.25, 0.3) is 0 Å². The summed E-state index contributed by atoms with van der Waals surface area (Å²) >= 11 is 9.24. The number of aryl methyl sites for hydroxylation is 1. The lowest BCUT2D eigenvalue weighted by atomic mass is 10.2. The van der Waals surface area contributed by atoms with E-state index in [-0.39, 0.29) is 18.0 Å². The van der Waals surface area contributed by atoms with Gasteiger partial charge >= 0.3 is 0 Å². The molecular formula is C22H20BrClN2O3S. The average Bonchev–Trinajstić information content (AvgIpc) is 2.71. The van der Waals surface area contributed by atoms with Crippen molar-refractivity contribution in [3.63, 3.8) is 0 Å². The monoisotopic (exact) mass is 506 g/mol. The second-order valence-electron chi connectivity index (χ2n) is 6.77. The predicted molar refractivity (Wildman–Crippen MR) is 123 cm³/mol. The minimum Gasteiger partial charge on any atom is -0.325 e. The first kappa shape index (κ1) is 22.5. The van der Waals surface area contributed by atoms with Crippen LogP contribution in [0.3, 0.4) is 0 Å². The lowest BCUT2D eigenvalue weighted by Gasteiger charge is -2.22. The third kappa shape index (κ3) is 5.92. The number of nitrogens with one attached hydrogen (secondary N) is 1. The molecule has 0 saturated heterocycles. The Balaban J connectivity index is 1.86. The van der Waals surface area contributed by atoms with Gasteiger partial charge in [0.15, 0.2) is 0 Å². The zero-order chi connectivity index (χ0) is 21.7. The topological polar surface area (TPSA) is 66.5 Å². The number of anilines is 1. The van der Waals surface area contributed by atoms with Crippen molar-refractivity contribution in [2.45, 2.75) is 18.4 Å². The first-order chi connectivity index (χ1) is 14.2. The van der Waals surface area contributed by atoms with E-state index in [1.165, 1.54) is 4.31 Å². The van der Waals surface area contributed by atoms with E-state index >= 15 is 0 Å². The van der Waals surface area contributed by atoms with E-state index in [9.17, 15) is 13.2 Å². The van der Waals surface area contributed by atoms with E-state index in [1.807, 2.05) is 31.2 Å². The van der Waals surface area contributed by atoms with Crippen LogP contribution in [-0.4, -0.2) is 25.2 Å². The van der Waals surface area contributed by atoms with Crippen LogP contribution in [-0.2, 0) is 21.4 Å². The maximum absolute atomic E-state index is 13.3. The molecule has 0 aliphatic carbocycles. The Morgan fingerprint density at radius 2 is 1.57 bits per heavy atom. The first-order valence-corrected chi connectivity index (χ1v) is 11.7. The molecule has 5 nitrogen and oxygen atoms in total. The number of sulfonamides is 1. The molecule has 0 bridgehead atoms. The minimum absolute atomic E-state index is 0.0670. The van der Waals surface area contributed by atoms with Gasteiger partial charge < -0.3 is 5.32 Å². The molecule has 3 aromatic carbocycles. The van der Waals surface area contributed by atoms with E-state index < -0.39 is 15.9 Å². The maximum atomic E-state index is 13.3. The van der Waals surface area contributed by atoms with Gasteiger partial charge in [-0.3, -0.25) is 4.79 Å². The summed E-state index contributed by atoms with van der Waals surface area (Å²) in [6.45, 7) is 1.63. The van der Waals surface area contributed by atoms with Crippen LogP contribution < -0.4 is 5.32 Å². The molecule has 156 valence electrons. The van der Waals surface area contributed by atoms with Gasteiger partial charge in [-0.05, 0) is 61.0 Å². The van der Waals surface area contributed by atoms with Crippen LogP contribution in [0.5, 0.6) is 0 Å². The molecule has 0 saturated carbocycles. The van der Waals surface area contributed by atoms with Crippen molar-refractivity contribution >= 4 is 49.1 Å². The van der Waals surface area contributed by atoms with Crippen LogP contribution in [0.4, 0.5) is 5.69 Å². The molecule has 1 amide bonds. The molecule has 3 aromatic rings. The molecule has 1 N–H and O–H groups in total. The van der Waals surface area contributed by atoms with Crippen LogP contribution >= 0.6 is 27.5 Å². The summed E-state index contributed by atoms with van der Waals surface area (Å²) < 4.78 is 28.6. The normalized spacial score (nSPS) is 11.5. The summed E-state index contributed by atoms with van der Waals surface area (Å²) in [5.41, 5.74) is 2.27. The fourth-order valence-corrected chi connectivity index (χ4v) is 4.55. The first-order valence-electron chi connectivity index (χ1n) is 9.11. The molecular weight excluding hydrogens is 488 g/mol.